The highest BCUT2D eigenvalue weighted by Gasteiger charge is 2.38. The predicted molar refractivity (Wildman–Crippen MR) is 65.1 cm³/mol. The number of hydrogen-bond acceptors (Lipinski definition) is 2. The zero-order valence-electron chi connectivity index (χ0n) is 10.6. The first kappa shape index (κ1) is 11.4. The molecular formula is C13H26N2. The van der Waals surface area contributed by atoms with Gasteiger partial charge in [0.15, 0.2) is 0 Å². The van der Waals surface area contributed by atoms with Crippen molar-refractivity contribution < 1.29 is 0 Å². The van der Waals surface area contributed by atoms with Crippen molar-refractivity contribution in [1.82, 2.24) is 10.2 Å². The number of nitrogens with zero attached hydrogens (tertiary/aromatic N) is 1. The SMILES string of the molecule is CC(C)(C)N1CCNC2(CCCCC2)C1. The van der Waals surface area contributed by atoms with Crippen molar-refractivity contribution >= 4 is 0 Å². The van der Waals surface area contributed by atoms with Gasteiger partial charge in [0, 0.05) is 30.7 Å². The first-order valence-corrected chi connectivity index (χ1v) is 6.52. The van der Waals surface area contributed by atoms with Gasteiger partial charge >= 0.3 is 0 Å². The van der Waals surface area contributed by atoms with Gasteiger partial charge in [-0.2, -0.15) is 0 Å². The Kier molecular flexibility index (Phi) is 3.09. The molecule has 0 bridgehead atoms. The minimum Gasteiger partial charge on any atom is -0.309 e. The van der Waals surface area contributed by atoms with Gasteiger partial charge in [-0.15, -0.1) is 0 Å². The molecule has 0 aromatic heterocycles. The Bertz CT molecular complexity index is 206. The first-order chi connectivity index (χ1) is 7.02. The van der Waals surface area contributed by atoms with Crippen LogP contribution in [0.25, 0.3) is 0 Å². The Balaban J connectivity index is 2.02. The lowest BCUT2D eigenvalue weighted by Gasteiger charge is -2.50. The molecule has 0 unspecified atom stereocenters. The molecule has 0 atom stereocenters. The molecule has 0 radical (unpaired) electrons. The second-order valence-corrected chi connectivity index (χ2v) is 6.36. The summed E-state index contributed by atoms with van der Waals surface area (Å²) in [4.78, 5) is 2.66. The maximum Gasteiger partial charge on any atom is 0.0309 e. The summed E-state index contributed by atoms with van der Waals surface area (Å²) >= 11 is 0. The molecule has 0 aromatic carbocycles. The van der Waals surface area contributed by atoms with Crippen LogP contribution < -0.4 is 5.32 Å². The van der Waals surface area contributed by atoms with E-state index < -0.39 is 0 Å². The summed E-state index contributed by atoms with van der Waals surface area (Å²) in [5, 5.41) is 3.79. The normalized spacial score (nSPS) is 28.2. The van der Waals surface area contributed by atoms with Crippen molar-refractivity contribution in [2.75, 3.05) is 19.6 Å². The number of nitrogens with one attached hydrogen (secondary N) is 1. The maximum atomic E-state index is 3.79. The van der Waals surface area contributed by atoms with Gasteiger partial charge in [-0.25, -0.2) is 0 Å². The summed E-state index contributed by atoms with van der Waals surface area (Å²) in [5.74, 6) is 0. The molecule has 15 heavy (non-hydrogen) atoms. The molecule has 1 saturated carbocycles. The van der Waals surface area contributed by atoms with Crippen LogP contribution in [0, 0.1) is 0 Å². The van der Waals surface area contributed by atoms with Crippen LogP contribution in [0.5, 0.6) is 0 Å². The van der Waals surface area contributed by atoms with Crippen LogP contribution in [-0.4, -0.2) is 35.6 Å². The molecule has 0 amide bonds. The third-order valence-corrected chi connectivity index (χ3v) is 4.13. The van der Waals surface area contributed by atoms with E-state index in [1.165, 1.54) is 51.7 Å². The summed E-state index contributed by atoms with van der Waals surface area (Å²) < 4.78 is 0. The van der Waals surface area contributed by atoms with Gasteiger partial charge < -0.3 is 5.32 Å². The largest absolute Gasteiger partial charge is 0.309 e. The van der Waals surface area contributed by atoms with Crippen LogP contribution in [0.3, 0.4) is 0 Å². The van der Waals surface area contributed by atoms with Crippen LogP contribution in [0.15, 0.2) is 0 Å². The highest BCUT2D eigenvalue weighted by Crippen LogP contribution is 2.32. The van der Waals surface area contributed by atoms with Crippen molar-refractivity contribution in [3.8, 4) is 0 Å². The zero-order valence-corrected chi connectivity index (χ0v) is 10.6. The fourth-order valence-electron chi connectivity index (χ4n) is 3.09. The van der Waals surface area contributed by atoms with E-state index in [-0.39, 0.29) is 0 Å². The van der Waals surface area contributed by atoms with Gasteiger partial charge in [-0.3, -0.25) is 4.90 Å². The lowest BCUT2D eigenvalue weighted by molar-refractivity contribution is 0.0382. The molecule has 2 heteroatoms. The minimum atomic E-state index is 0.340. The molecule has 2 nitrogen and oxygen atoms in total. The predicted octanol–water partition coefficient (Wildman–Crippen LogP) is 2.39. The Morgan fingerprint density at radius 2 is 1.73 bits per heavy atom. The van der Waals surface area contributed by atoms with Crippen molar-refractivity contribution in [3.05, 3.63) is 0 Å². The van der Waals surface area contributed by atoms with Crippen LogP contribution >= 0.6 is 0 Å². The maximum absolute atomic E-state index is 3.79. The van der Waals surface area contributed by atoms with Crippen LogP contribution in [0.4, 0.5) is 0 Å². The van der Waals surface area contributed by atoms with E-state index >= 15 is 0 Å². The van der Waals surface area contributed by atoms with E-state index in [0.29, 0.717) is 11.1 Å². The molecule has 88 valence electrons. The summed E-state index contributed by atoms with van der Waals surface area (Å²) in [6, 6.07) is 0. The summed E-state index contributed by atoms with van der Waals surface area (Å²) in [6.07, 6.45) is 7.06. The van der Waals surface area contributed by atoms with E-state index in [2.05, 4.69) is 31.0 Å². The molecule has 1 aliphatic carbocycles. The monoisotopic (exact) mass is 210 g/mol. The Hall–Kier alpha value is -0.0800. The Labute approximate surface area is 94.4 Å². The van der Waals surface area contributed by atoms with Gasteiger partial charge in [0.2, 0.25) is 0 Å². The number of rotatable bonds is 0. The molecule has 1 N–H and O–H groups in total. The van der Waals surface area contributed by atoms with Gasteiger partial charge in [-0.1, -0.05) is 19.3 Å². The standard InChI is InChI=1S/C13H26N2/c1-12(2,3)15-10-9-14-13(11-15)7-5-4-6-8-13/h14H,4-11H2,1-3H3. The van der Waals surface area contributed by atoms with Crippen LogP contribution in [0.2, 0.25) is 0 Å². The molecule has 2 aliphatic rings. The van der Waals surface area contributed by atoms with E-state index in [9.17, 15) is 0 Å². The topological polar surface area (TPSA) is 15.3 Å². The van der Waals surface area contributed by atoms with Gasteiger partial charge in [0.05, 0.1) is 0 Å². The fraction of sp³-hybridized carbons (Fsp3) is 1.00. The number of hydrogen-bond donors (Lipinski definition) is 1. The average Bonchev–Trinajstić information content (AvgIpc) is 2.18. The fourth-order valence-corrected chi connectivity index (χ4v) is 3.09. The lowest BCUT2D eigenvalue weighted by Crippen LogP contribution is -2.64. The molecule has 1 heterocycles. The average molecular weight is 210 g/mol. The van der Waals surface area contributed by atoms with E-state index in [0.717, 1.165) is 0 Å². The third-order valence-electron chi connectivity index (χ3n) is 4.13. The first-order valence-electron chi connectivity index (χ1n) is 6.52. The van der Waals surface area contributed by atoms with E-state index in [1.54, 1.807) is 0 Å². The van der Waals surface area contributed by atoms with Crippen molar-refractivity contribution in [2.24, 2.45) is 0 Å². The van der Waals surface area contributed by atoms with E-state index in [1.807, 2.05) is 0 Å². The Morgan fingerprint density at radius 3 is 2.33 bits per heavy atom. The smallest absolute Gasteiger partial charge is 0.0309 e. The van der Waals surface area contributed by atoms with Crippen molar-refractivity contribution in [1.29, 1.82) is 0 Å². The van der Waals surface area contributed by atoms with Crippen LogP contribution in [0.1, 0.15) is 52.9 Å². The second-order valence-electron chi connectivity index (χ2n) is 6.36. The highest BCUT2D eigenvalue weighted by atomic mass is 15.3. The number of piperazine rings is 1. The quantitative estimate of drug-likeness (QED) is 0.660. The zero-order chi connectivity index (χ0) is 10.9. The molecule has 1 saturated heterocycles. The molecular weight excluding hydrogens is 184 g/mol. The van der Waals surface area contributed by atoms with Gasteiger partial charge in [0.25, 0.3) is 0 Å². The third kappa shape index (κ3) is 2.54. The highest BCUT2D eigenvalue weighted by molar-refractivity contribution is 4.99. The van der Waals surface area contributed by atoms with Gasteiger partial charge in [0.1, 0.15) is 0 Å². The Morgan fingerprint density at radius 1 is 1.07 bits per heavy atom. The summed E-state index contributed by atoms with van der Waals surface area (Å²) in [5.41, 5.74) is 0.802. The van der Waals surface area contributed by atoms with E-state index in [4.69, 9.17) is 0 Å². The lowest BCUT2D eigenvalue weighted by atomic mass is 9.79. The van der Waals surface area contributed by atoms with Gasteiger partial charge in [-0.05, 0) is 33.6 Å². The molecule has 0 aromatic rings. The second kappa shape index (κ2) is 4.06. The summed E-state index contributed by atoms with van der Waals surface area (Å²) in [6.45, 7) is 10.7. The van der Waals surface area contributed by atoms with Crippen molar-refractivity contribution in [2.45, 2.75) is 64.0 Å². The molecule has 1 aliphatic heterocycles. The van der Waals surface area contributed by atoms with Crippen LogP contribution in [-0.2, 0) is 0 Å². The molecule has 2 rings (SSSR count). The van der Waals surface area contributed by atoms with Crippen molar-refractivity contribution in [3.63, 3.8) is 0 Å². The minimum absolute atomic E-state index is 0.340. The molecule has 1 spiro atoms. The summed E-state index contributed by atoms with van der Waals surface area (Å²) in [7, 11) is 0. The molecule has 2 fully saturated rings.